The van der Waals surface area contributed by atoms with E-state index in [0.717, 1.165) is 10.6 Å². The van der Waals surface area contributed by atoms with Gasteiger partial charge in [0, 0.05) is 10.9 Å². The molecule has 4 amide bonds. The van der Waals surface area contributed by atoms with E-state index in [1.165, 1.54) is 25.2 Å². The number of benzene rings is 4. The van der Waals surface area contributed by atoms with Crippen molar-refractivity contribution in [3.63, 3.8) is 0 Å². The van der Waals surface area contributed by atoms with Gasteiger partial charge in [0.1, 0.15) is 5.75 Å². The number of phenols is 1. The Hall–Kier alpha value is -5.29. The number of halogens is 3. The van der Waals surface area contributed by atoms with E-state index in [0.29, 0.717) is 33.2 Å². The zero-order chi connectivity index (χ0) is 38.9. The van der Waals surface area contributed by atoms with Gasteiger partial charge < -0.3 is 14.6 Å². The average molecular weight is 799 g/mol. The van der Waals surface area contributed by atoms with Crippen LogP contribution in [0.15, 0.2) is 97.1 Å². The predicted molar refractivity (Wildman–Crippen MR) is 209 cm³/mol. The number of phenolic OH excluding ortho intramolecular Hbond substituents is 1. The lowest BCUT2D eigenvalue weighted by Crippen LogP contribution is -2.53. The molecule has 0 unspecified atom stereocenters. The Bertz CT molecular complexity index is 2330. The molecule has 55 heavy (non-hydrogen) atoms. The normalized spacial score (nSPS) is 25.6. The molecule has 1 saturated carbocycles. The number of hydrazine groups is 1. The Morgan fingerprint density at radius 2 is 1.58 bits per heavy atom. The molecule has 280 valence electrons. The van der Waals surface area contributed by atoms with E-state index in [-0.39, 0.29) is 51.9 Å². The van der Waals surface area contributed by atoms with Gasteiger partial charge in [-0.2, -0.15) is 5.01 Å². The molecule has 4 aromatic carbocycles. The van der Waals surface area contributed by atoms with Gasteiger partial charge in [0.05, 0.1) is 58.8 Å². The number of imide groups is 2. The van der Waals surface area contributed by atoms with Crippen molar-refractivity contribution in [2.24, 2.45) is 23.7 Å². The average Bonchev–Trinajstić information content (AvgIpc) is 3.57. The molecule has 6 atom stereocenters. The number of rotatable bonds is 8. The Kier molecular flexibility index (Phi) is 9.19. The van der Waals surface area contributed by atoms with Crippen molar-refractivity contribution in [3.05, 3.63) is 129 Å². The van der Waals surface area contributed by atoms with Crippen molar-refractivity contribution in [2.75, 3.05) is 24.5 Å². The van der Waals surface area contributed by atoms with E-state index in [2.05, 4.69) is 12.0 Å². The van der Waals surface area contributed by atoms with Crippen LogP contribution in [-0.2, 0) is 24.6 Å². The first-order valence-corrected chi connectivity index (χ1v) is 18.7. The van der Waals surface area contributed by atoms with Gasteiger partial charge in [-0.3, -0.25) is 29.5 Å². The van der Waals surface area contributed by atoms with Crippen LogP contribution in [0.1, 0.15) is 35.4 Å². The zero-order valence-corrected chi connectivity index (χ0v) is 31.9. The summed E-state index contributed by atoms with van der Waals surface area (Å²) in [6, 6.07) is 21.8. The topological polar surface area (TPSA) is 125 Å². The van der Waals surface area contributed by atoms with Gasteiger partial charge in [0.25, 0.3) is 11.8 Å². The third-order valence-corrected chi connectivity index (χ3v) is 12.4. The minimum Gasteiger partial charge on any atom is -0.503 e. The summed E-state index contributed by atoms with van der Waals surface area (Å²) in [6.45, 7) is 3.79. The molecule has 4 aliphatic rings. The number of ether oxygens (including phenoxy) is 2. The lowest BCUT2D eigenvalue weighted by molar-refractivity contribution is -0.138. The maximum absolute atomic E-state index is 15.5. The van der Waals surface area contributed by atoms with Crippen molar-refractivity contribution in [1.82, 2.24) is 5.01 Å². The van der Waals surface area contributed by atoms with Gasteiger partial charge >= 0.3 is 0 Å². The minimum absolute atomic E-state index is 0.0341. The summed E-state index contributed by atoms with van der Waals surface area (Å²) in [6.07, 6.45) is 3.90. The van der Waals surface area contributed by atoms with Crippen LogP contribution in [0.4, 0.5) is 11.4 Å². The molecule has 0 bridgehead atoms. The molecule has 2 aliphatic heterocycles. The van der Waals surface area contributed by atoms with Crippen molar-refractivity contribution in [3.8, 4) is 17.2 Å². The van der Waals surface area contributed by atoms with E-state index in [9.17, 15) is 19.5 Å². The maximum Gasteiger partial charge on any atom is 0.260 e. The Labute approximate surface area is 331 Å². The second-order valence-corrected chi connectivity index (χ2v) is 15.3. The fourth-order valence-electron chi connectivity index (χ4n) is 9.15. The number of nitrogens with zero attached hydrogens (tertiary/aromatic N) is 2. The van der Waals surface area contributed by atoms with E-state index in [4.69, 9.17) is 44.3 Å². The van der Waals surface area contributed by atoms with Crippen LogP contribution in [0.25, 0.3) is 6.08 Å². The molecule has 13 heteroatoms. The lowest BCUT2D eigenvalue weighted by Gasteiger charge is -2.50. The molecular formula is C42H34Cl3N3O7. The summed E-state index contributed by atoms with van der Waals surface area (Å²) in [5.74, 6) is -5.68. The Balaban J connectivity index is 1.34. The van der Waals surface area contributed by atoms with Crippen LogP contribution in [-0.4, -0.2) is 48.0 Å². The molecule has 0 radical (unpaired) electrons. The number of amides is 4. The number of carbonyl (C=O) groups is 4. The van der Waals surface area contributed by atoms with Crippen molar-refractivity contribution in [1.29, 1.82) is 0 Å². The summed E-state index contributed by atoms with van der Waals surface area (Å²) in [5, 5.41) is 12.3. The molecule has 2 heterocycles. The van der Waals surface area contributed by atoms with Crippen LogP contribution < -0.4 is 19.8 Å². The first-order chi connectivity index (χ1) is 26.4. The van der Waals surface area contributed by atoms with E-state index < -0.39 is 46.8 Å². The Morgan fingerprint density at radius 1 is 0.855 bits per heavy atom. The monoisotopic (exact) mass is 797 g/mol. The van der Waals surface area contributed by atoms with E-state index in [1.807, 2.05) is 6.08 Å². The molecular weight excluding hydrogens is 765 g/mol. The van der Waals surface area contributed by atoms with Gasteiger partial charge in [-0.05, 0) is 90.0 Å². The standard InChI is InChI=1S/C42H34Cl3N3O7/c1-4-21-5-10-25(11-6-21)47-38(50)28-15-14-27-29(35(28)40(47)52)20-30-39(51)48(46-33-16-9-24(43)19-31(33)44)41(53)42(30,23-7-12-26(54-2)13-8-23)36(27)22-17-32(45)37(49)34(18-22)55-3/h4-14,16-19,28-30,35-36,46,49H,1,15,20H2,2-3H3/t28-,29+,30-,35-,36-,42+/m0/s1. The lowest BCUT2D eigenvalue weighted by atomic mass is 9.49. The van der Waals surface area contributed by atoms with Crippen molar-refractivity contribution < 1.29 is 33.8 Å². The zero-order valence-electron chi connectivity index (χ0n) is 29.6. The fraction of sp³-hybridized carbons (Fsp3) is 0.238. The number of hydrogen-bond acceptors (Lipinski definition) is 8. The molecule has 3 fully saturated rings. The van der Waals surface area contributed by atoms with Crippen molar-refractivity contribution >= 4 is 75.9 Å². The molecule has 2 saturated heterocycles. The molecule has 8 rings (SSSR count). The molecule has 0 spiro atoms. The summed E-state index contributed by atoms with van der Waals surface area (Å²) in [7, 11) is 2.91. The number of nitrogens with one attached hydrogen (secondary N) is 1. The second-order valence-electron chi connectivity index (χ2n) is 14.1. The van der Waals surface area contributed by atoms with Gasteiger partial charge in [0.15, 0.2) is 11.5 Å². The first-order valence-electron chi connectivity index (χ1n) is 17.6. The van der Waals surface area contributed by atoms with Gasteiger partial charge in [-0.1, -0.05) is 83.4 Å². The Morgan fingerprint density at radius 3 is 2.24 bits per heavy atom. The number of methoxy groups -OCH3 is 2. The van der Waals surface area contributed by atoms with Crippen molar-refractivity contribution in [2.45, 2.75) is 24.2 Å². The largest absolute Gasteiger partial charge is 0.503 e. The highest BCUT2D eigenvalue weighted by Crippen LogP contribution is 2.65. The number of hydrogen-bond donors (Lipinski definition) is 2. The number of allylic oxidation sites excluding steroid dienone is 2. The highest BCUT2D eigenvalue weighted by Gasteiger charge is 2.70. The van der Waals surface area contributed by atoms with Crippen LogP contribution in [0.2, 0.25) is 15.1 Å². The SMILES string of the molecule is C=Cc1ccc(N2C(=O)[C@H]3[C@H](CC=C4[C@H]3C[C@H]3C(=O)N(Nc5ccc(Cl)cc5Cl)C(=O)[C@@]3(c3ccc(OC)cc3)[C@H]4c3cc(Cl)c(O)c(OC)c3)C2=O)cc1. The van der Waals surface area contributed by atoms with Crippen LogP contribution in [0, 0.1) is 23.7 Å². The number of anilines is 2. The van der Waals surface area contributed by atoms with E-state index >= 15 is 4.79 Å². The smallest absolute Gasteiger partial charge is 0.260 e. The molecule has 2 N–H and O–H groups in total. The van der Waals surface area contributed by atoms with Crippen LogP contribution in [0.3, 0.4) is 0 Å². The van der Waals surface area contributed by atoms with Gasteiger partial charge in [0.2, 0.25) is 11.8 Å². The van der Waals surface area contributed by atoms with Crippen LogP contribution >= 0.6 is 34.8 Å². The predicted octanol–water partition coefficient (Wildman–Crippen LogP) is 8.20. The highest BCUT2D eigenvalue weighted by atomic mass is 35.5. The summed E-state index contributed by atoms with van der Waals surface area (Å²) in [5.41, 5.74) is 4.58. The van der Waals surface area contributed by atoms with Gasteiger partial charge in [-0.25, -0.2) is 0 Å². The number of fused-ring (bicyclic) bond motifs is 4. The highest BCUT2D eigenvalue weighted by molar-refractivity contribution is 6.36. The summed E-state index contributed by atoms with van der Waals surface area (Å²) >= 11 is 19.4. The molecule has 2 aliphatic carbocycles. The third-order valence-electron chi connectivity index (χ3n) is 11.6. The summed E-state index contributed by atoms with van der Waals surface area (Å²) in [4.78, 5) is 60.4. The number of carbonyl (C=O) groups excluding carboxylic acids is 4. The van der Waals surface area contributed by atoms with E-state index in [1.54, 1.807) is 78.9 Å². The maximum atomic E-state index is 15.5. The molecule has 0 aromatic heterocycles. The third kappa shape index (κ3) is 5.52. The molecule has 10 nitrogen and oxygen atoms in total. The molecule has 4 aromatic rings. The number of aromatic hydroxyl groups is 1. The quantitative estimate of drug-likeness (QED) is 0.135. The summed E-state index contributed by atoms with van der Waals surface area (Å²) < 4.78 is 11.0. The fourth-order valence-corrected chi connectivity index (χ4v) is 9.82. The second kappa shape index (κ2) is 13.8. The van der Waals surface area contributed by atoms with Crippen LogP contribution in [0.5, 0.6) is 17.2 Å². The first kappa shape index (κ1) is 36.7. The van der Waals surface area contributed by atoms with Gasteiger partial charge in [-0.15, -0.1) is 0 Å². The minimum atomic E-state index is -1.62.